The van der Waals surface area contributed by atoms with Crippen molar-refractivity contribution in [2.75, 3.05) is 26.8 Å². The maximum Gasteiger partial charge on any atom is 0.0620 e. The topological polar surface area (TPSA) is 24.5 Å². The van der Waals surface area contributed by atoms with Gasteiger partial charge in [-0.1, -0.05) is 13.8 Å². The molecule has 0 saturated carbocycles. The molecule has 1 heterocycles. The fraction of sp³-hybridized carbons (Fsp3) is 1.00. The second kappa shape index (κ2) is 5.48. The molecule has 3 nitrogen and oxygen atoms in total. The van der Waals surface area contributed by atoms with E-state index in [1.54, 1.807) is 7.11 Å². The summed E-state index contributed by atoms with van der Waals surface area (Å²) in [5.41, 5.74) is 0.216. The van der Waals surface area contributed by atoms with Gasteiger partial charge in [0.05, 0.1) is 6.61 Å². The van der Waals surface area contributed by atoms with Gasteiger partial charge < -0.3 is 10.1 Å². The molecule has 96 valence electrons. The number of methoxy groups -OCH3 is 1. The number of hydrogen-bond donors (Lipinski definition) is 1. The zero-order valence-electron chi connectivity index (χ0n) is 11.7. The van der Waals surface area contributed by atoms with Crippen molar-refractivity contribution in [1.29, 1.82) is 0 Å². The molecule has 0 spiro atoms. The van der Waals surface area contributed by atoms with Crippen LogP contribution in [0.15, 0.2) is 0 Å². The minimum atomic E-state index is 0.216. The van der Waals surface area contributed by atoms with Gasteiger partial charge >= 0.3 is 0 Å². The first-order valence-corrected chi connectivity index (χ1v) is 6.37. The van der Waals surface area contributed by atoms with E-state index in [2.05, 4.69) is 44.8 Å². The molecule has 0 aliphatic carbocycles. The van der Waals surface area contributed by atoms with E-state index in [4.69, 9.17) is 4.74 Å². The van der Waals surface area contributed by atoms with Crippen LogP contribution in [0.4, 0.5) is 0 Å². The number of rotatable bonds is 4. The lowest BCUT2D eigenvalue weighted by atomic mass is 9.94. The summed E-state index contributed by atoms with van der Waals surface area (Å²) >= 11 is 0. The highest BCUT2D eigenvalue weighted by Gasteiger charge is 2.35. The Labute approximate surface area is 101 Å². The summed E-state index contributed by atoms with van der Waals surface area (Å²) in [4.78, 5) is 2.60. The van der Waals surface area contributed by atoms with Crippen molar-refractivity contribution in [2.24, 2.45) is 5.92 Å². The molecule has 2 unspecified atom stereocenters. The maximum absolute atomic E-state index is 5.37. The highest BCUT2D eigenvalue weighted by Crippen LogP contribution is 2.21. The molecule has 0 aromatic heterocycles. The van der Waals surface area contributed by atoms with Crippen LogP contribution in [0.25, 0.3) is 0 Å². The Kier molecular flexibility index (Phi) is 4.77. The molecule has 0 aromatic rings. The largest absolute Gasteiger partial charge is 0.383 e. The van der Waals surface area contributed by atoms with Gasteiger partial charge in [-0.3, -0.25) is 4.90 Å². The SMILES string of the molecule is COCC(C(C)C)N1CC(C)(C)NCC1C. The quantitative estimate of drug-likeness (QED) is 0.793. The first-order valence-electron chi connectivity index (χ1n) is 6.37. The second-order valence-electron chi connectivity index (χ2n) is 6.05. The summed E-state index contributed by atoms with van der Waals surface area (Å²) in [6.07, 6.45) is 0. The van der Waals surface area contributed by atoms with E-state index in [0.717, 1.165) is 19.7 Å². The maximum atomic E-state index is 5.37. The molecule has 1 aliphatic heterocycles. The van der Waals surface area contributed by atoms with Gasteiger partial charge in [0.1, 0.15) is 0 Å². The molecule has 1 rings (SSSR count). The Morgan fingerprint density at radius 1 is 1.44 bits per heavy atom. The third kappa shape index (κ3) is 3.44. The van der Waals surface area contributed by atoms with E-state index in [1.165, 1.54) is 0 Å². The molecule has 16 heavy (non-hydrogen) atoms. The van der Waals surface area contributed by atoms with Gasteiger partial charge in [0, 0.05) is 37.8 Å². The standard InChI is InChI=1S/C13H28N2O/c1-10(2)12(8-16-6)15-9-13(4,5)14-7-11(15)3/h10-12,14H,7-9H2,1-6H3. The van der Waals surface area contributed by atoms with Gasteiger partial charge in [0.15, 0.2) is 0 Å². The van der Waals surface area contributed by atoms with Crippen LogP contribution in [0.3, 0.4) is 0 Å². The Morgan fingerprint density at radius 3 is 2.56 bits per heavy atom. The number of hydrogen-bond acceptors (Lipinski definition) is 3. The smallest absolute Gasteiger partial charge is 0.0620 e. The van der Waals surface area contributed by atoms with Crippen molar-refractivity contribution < 1.29 is 4.74 Å². The average Bonchev–Trinajstić information content (AvgIpc) is 2.18. The van der Waals surface area contributed by atoms with E-state index in [-0.39, 0.29) is 5.54 Å². The summed E-state index contributed by atoms with van der Waals surface area (Å²) < 4.78 is 5.37. The molecular formula is C13H28N2O. The Morgan fingerprint density at radius 2 is 2.06 bits per heavy atom. The zero-order chi connectivity index (χ0) is 12.3. The lowest BCUT2D eigenvalue weighted by Gasteiger charge is -2.48. The molecule has 1 fully saturated rings. The highest BCUT2D eigenvalue weighted by molar-refractivity contribution is 4.94. The molecular weight excluding hydrogens is 200 g/mol. The monoisotopic (exact) mass is 228 g/mol. The van der Waals surface area contributed by atoms with Crippen molar-refractivity contribution in [2.45, 2.75) is 52.2 Å². The van der Waals surface area contributed by atoms with Gasteiger partial charge in [-0.2, -0.15) is 0 Å². The predicted octanol–water partition coefficient (Wildman–Crippen LogP) is 1.73. The van der Waals surface area contributed by atoms with Crippen LogP contribution >= 0.6 is 0 Å². The lowest BCUT2D eigenvalue weighted by Crippen LogP contribution is -2.64. The Balaban J connectivity index is 2.72. The third-order valence-electron chi connectivity index (χ3n) is 3.55. The van der Waals surface area contributed by atoms with E-state index in [1.807, 2.05) is 0 Å². The zero-order valence-corrected chi connectivity index (χ0v) is 11.7. The number of nitrogens with one attached hydrogen (secondary N) is 1. The van der Waals surface area contributed by atoms with Crippen molar-refractivity contribution in [1.82, 2.24) is 10.2 Å². The third-order valence-corrected chi connectivity index (χ3v) is 3.55. The first kappa shape index (κ1) is 13.9. The van der Waals surface area contributed by atoms with Crippen molar-refractivity contribution >= 4 is 0 Å². The van der Waals surface area contributed by atoms with Crippen LogP contribution in [0.2, 0.25) is 0 Å². The van der Waals surface area contributed by atoms with Crippen LogP contribution < -0.4 is 5.32 Å². The molecule has 0 radical (unpaired) electrons. The fourth-order valence-corrected chi connectivity index (χ4v) is 2.50. The van der Waals surface area contributed by atoms with E-state index < -0.39 is 0 Å². The minimum absolute atomic E-state index is 0.216. The van der Waals surface area contributed by atoms with Crippen LogP contribution in [-0.2, 0) is 4.74 Å². The van der Waals surface area contributed by atoms with Gasteiger partial charge in [-0.05, 0) is 26.7 Å². The summed E-state index contributed by atoms with van der Waals surface area (Å²) in [6, 6.07) is 1.12. The Bertz CT molecular complexity index is 216. The van der Waals surface area contributed by atoms with Crippen LogP contribution in [0.5, 0.6) is 0 Å². The van der Waals surface area contributed by atoms with Gasteiger partial charge in [-0.25, -0.2) is 0 Å². The molecule has 1 N–H and O–H groups in total. The van der Waals surface area contributed by atoms with Gasteiger partial charge in [-0.15, -0.1) is 0 Å². The first-order chi connectivity index (χ1) is 7.37. The fourth-order valence-electron chi connectivity index (χ4n) is 2.50. The van der Waals surface area contributed by atoms with Crippen LogP contribution in [0, 0.1) is 5.92 Å². The number of piperazine rings is 1. The number of ether oxygens (including phenoxy) is 1. The van der Waals surface area contributed by atoms with Crippen LogP contribution in [0.1, 0.15) is 34.6 Å². The molecule has 3 heteroatoms. The van der Waals surface area contributed by atoms with Crippen molar-refractivity contribution in [3.8, 4) is 0 Å². The van der Waals surface area contributed by atoms with Gasteiger partial charge in [0.25, 0.3) is 0 Å². The predicted molar refractivity (Wildman–Crippen MR) is 68.8 cm³/mol. The van der Waals surface area contributed by atoms with Gasteiger partial charge in [0.2, 0.25) is 0 Å². The molecule has 1 saturated heterocycles. The van der Waals surface area contributed by atoms with Crippen molar-refractivity contribution in [3.63, 3.8) is 0 Å². The van der Waals surface area contributed by atoms with E-state index in [0.29, 0.717) is 18.0 Å². The number of nitrogens with zero attached hydrogens (tertiary/aromatic N) is 1. The second-order valence-corrected chi connectivity index (χ2v) is 6.05. The molecule has 2 atom stereocenters. The summed E-state index contributed by atoms with van der Waals surface area (Å²) in [7, 11) is 1.80. The molecule has 0 aromatic carbocycles. The average molecular weight is 228 g/mol. The lowest BCUT2D eigenvalue weighted by molar-refractivity contribution is 0.00289. The summed E-state index contributed by atoms with van der Waals surface area (Å²) in [5.74, 6) is 0.635. The van der Waals surface area contributed by atoms with Crippen LogP contribution in [-0.4, -0.2) is 49.3 Å². The van der Waals surface area contributed by atoms with E-state index in [9.17, 15) is 0 Å². The van der Waals surface area contributed by atoms with Crippen molar-refractivity contribution in [3.05, 3.63) is 0 Å². The Hall–Kier alpha value is -0.120. The highest BCUT2D eigenvalue weighted by atomic mass is 16.5. The molecule has 1 aliphatic rings. The molecule has 0 amide bonds. The van der Waals surface area contributed by atoms with E-state index >= 15 is 0 Å². The summed E-state index contributed by atoms with van der Waals surface area (Å²) in [5, 5.41) is 3.59. The molecule has 0 bridgehead atoms. The summed E-state index contributed by atoms with van der Waals surface area (Å²) in [6.45, 7) is 14.4. The normalized spacial score (nSPS) is 28.3. The minimum Gasteiger partial charge on any atom is -0.383 e.